The minimum Gasteiger partial charge on any atom is -0.497 e. The van der Waals surface area contributed by atoms with Crippen molar-refractivity contribution < 1.29 is 9.47 Å². The molecule has 2 heterocycles. The van der Waals surface area contributed by atoms with Crippen molar-refractivity contribution in [2.45, 2.75) is 50.9 Å². The molecule has 2 N–H and O–H groups in total. The standard InChI is InChI=1S/C18H27N3O2/c1-3-19-18(21-16-12-15-8-9-17(16)23-15)20-11-10-13-4-6-14(22-2)7-5-13/h4-7,15-17H,3,8-12H2,1-2H3,(H2,19,20,21). The average Bonchev–Trinajstić information content (AvgIpc) is 3.18. The number of hydrogen-bond donors (Lipinski definition) is 2. The average molecular weight is 317 g/mol. The van der Waals surface area contributed by atoms with E-state index in [0.29, 0.717) is 18.2 Å². The van der Waals surface area contributed by atoms with E-state index < -0.39 is 0 Å². The van der Waals surface area contributed by atoms with Crippen LogP contribution in [0.5, 0.6) is 5.75 Å². The summed E-state index contributed by atoms with van der Waals surface area (Å²) >= 11 is 0. The normalized spacial score (nSPS) is 26.3. The Hall–Kier alpha value is -1.75. The topological polar surface area (TPSA) is 54.9 Å². The Labute approximate surface area is 138 Å². The molecular weight excluding hydrogens is 290 g/mol. The monoisotopic (exact) mass is 317 g/mol. The number of methoxy groups -OCH3 is 1. The Morgan fingerprint density at radius 2 is 2.13 bits per heavy atom. The summed E-state index contributed by atoms with van der Waals surface area (Å²) in [6.45, 7) is 3.73. The molecule has 3 unspecified atom stereocenters. The molecule has 23 heavy (non-hydrogen) atoms. The second-order valence-corrected chi connectivity index (χ2v) is 6.22. The van der Waals surface area contributed by atoms with Gasteiger partial charge in [-0.1, -0.05) is 12.1 Å². The molecule has 126 valence electrons. The number of ether oxygens (including phenoxy) is 2. The molecule has 0 aromatic heterocycles. The summed E-state index contributed by atoms with van der Waals surface area (Å²) in [5, 5.41) is 6.88. The number of fused-ring (bicyclic) bond motifs is 2. The van der Waals surface area contributed by atoms with Gasteiger partial charge in [-0.2, -0.15) is 0 Å². The molecular formula is C18H27N3O2. The van der Waals surface area contributed by atoms with Crippen molar-refractivity contribution in [1.82, 2.24) is 10.6 Å². The maximum atomic E-state index is 5.90. The Bertz CT molecular complexity index is 530. The third-order valence-electron chi connectivity index (χ3n) is 4.60. The number of nitrogens with zero attached hydrogens (tertiary/aromatic N) is 1. The van der Waals surface area contributed by atoms with E-state index in [2.05, 4.69) is 29.7 Å². The first-order valence-corrected chi connectivity index (χ1v) is 8.61. The fraction of sp³-hybridized carbons (Fsp3) is 0.611. The molecule has 3 rings (SSSR count). The highest BCUT2D eigenvalue weighted by atomic mass is 16.5. The first kappa shape index (κ1) is 16.1. The van der Waals surface area contributed by atoms with Gasteiger partial charge in [-0.05, 0) is 50.3 Å². The van der Waals surface area contributed by atoms with Gasteiger partial charge in [0.15, 0.2) is 5.96 Å². The lowest BCUT2D eigenvalue weighted by Gasteiger charge is -2.22. The first-order chi connectivity index (χ1) is 11.3. The van der Waals surface area contributed by atoms with Gasteiger partial charge in [0.1, 0.15) is 5.75 Å². The van der Waals surface area contributed by atoms with Gasteiger partial charge in [-0.15, -0.1) is 0 Å². The van der Waals surface area contributed by atoms with E-state index in [0.717, 1.165) is 37.6 Å². The molecule has 0 amide bonds. The lowest BCUT2D eigenvalue weighted by Crippen LogP contribution is -2.47. The Morgan fingerprint density at radius 3 is 2.74 bits per heavy atom. The van der Waals surface area contributed by atoms with E-state index in [1.54, 1.807) is 7.11 Å². The highest BCUT2D eigenvalue weighted by Crippen LogP contribution is 2.34. The van der Waals surface area contributed by atoms with Gasteiger partial charge >= 0.3 is 0 Å². The third kappa shape index (κ3) is 4.16. The van der Waals surface area contributed by atoms with Crippen LogP contribution in [0.1, 0.15) is 31.7 Å². The number of aliphatic imine (C=N–C) groups is 1. The third-order valence-corrected chi connectivity index (χ3v) is 4.60. The first-order valence-electron chi connectivity index (χ1n) is 8.61. The molecule has 5 heteroatoms. The predicted molar refractivity (Wildman–Crippen MR) is 92.1 cm³/mol. The molecule has 2 saturated heterocycles. The zero-order valence-electron chi connectivity index (χ0n) is 14.0. The minimum atomic E-state index is 0.366. The molecule has 3 atom stereocenters. The zero-order valence-corrected chi connectivity index (χ0v) is 14.0. The number of hydrogen-bond acceptors (Lipinski definition) is 3. The predicted octanol–water partition coefficient (Wildman–Crippen LogP) is 2.11. The van der Waals surface area contributed by atoms with Crippen LogP contribution in [0.15, 0.2) is 29.3 Å². The SMILES string of the molecule is CCNC(=NCCc1ccc(OC)cc1)NC1CC2CCC1O2. The largest absolute Gasteiger partial charge is 0.497 e. The Balaban J connectivity index is 1.51. The molecule has 0 spiro atoms. The molecule has 0 saturated carbocycles. The summed E-state index contributed by atoms with van der Waals surface area (Å²) in [5.74, 6) is 1.80. The van der Waals surface area contributed by atoms with Crippen LogP contribution in [0.25, 0.3) is 0 Å². The molecule has 2 aliphatic heterocycles. The smallest absolute Gasteiger partial charge is 0.191 e. The van der Waals surface area contributed by atoms with Gasteiger partial charge in [0, 0.05) is 13.1 Å². The van der Waals surface area contributed by atoms with Crippen molar-refractivity contribution >= 4 is 5.96 Å². The fourth-order valence-corrected chi connectivity index (χ4v) is 3.37. The zero-order chi connectivity index (χ0) is 16.1. The molecule has 2 fully saturated rings. The van der Waals surface area contributed by atoms with Crippen molar-refractivity contribution in [3.8, 4) is 5.75 Å². The minimum absolute atomic E-state index is 0.366. The van der Waals surface area contributed by atoms with E-state index in [4.69, 9.17) is 14.5 Å². The maximum Gasteiger partial charge on any atom is 0.191 e. The summed E-state index contributed by atoms with van der Waals surface area (Å²) in [7, 11) is 1.69. The summed E-state index contributed by atoms with van der Waals surface area (Å²) < 4.78 is 11.1. The van der Waals surface area contributed by atoms with Crippen molar-refractivity contribution in [3.05, 3.63) is 29.8 Å². The van der Waals surface area contributed by atoms with Crippen molar-refractivity contribution in [2.24, 2.45) is 4.99 Å². The number of rotatable bonds is 6. The summed E-state index contributed by atoms with van der Waals surface area (Å²) in [5.41, 5.74) is 1.27. The van der Waals surface area contributed by atoms with E-state index in [1.165, 1.54) is 18.4 Å². The van der Waals surface area contributed by atoms with Crippen LogP contribution >= 0.6 is 0 Å². The summed E-state index contributed by atoms with van der Waals surface area (Å²) in [6, 6.07) is 8.59. The number of guanidine groups is 1. The molecule has 1 aromatic carbocycles. The van der Waals surface area contributed by atoms with Gasteiger partial charge < -0.3 is 20.1 Å². The Morgan fingerprint density at radius 1 is 1.30 bits per heavy atom. The number of benzene rings is 1. The van der Waals surface area contributed by atoms with E-state index in [-0.39, 0.29) is 0 Å². The van der Waals surface area contributed by atoms with Gasteiger partial charge in [0.05, 0.1) is 25.4 Å². The van der Waals surface area contributed by atoms with Crippen molar-refractivity contribution in [3.63, 3.8) is 0 Å². The van der Waals surface area contributed by atoms with E-state index in [1.807, 2.05) is 12.1 Å². The van der Waals surface area contributed by atoms with E-state index in [9.17, 15) is 0 Å². The van der Waals surface area contributed by atoms with E-state index >= 15 is 0 Å². The van der Waals surface area contributed by atoms with Gasteiger partial charge in [0.2, 0.25) is 0 Å². The van der Waals surface area contributed by atoms with Gasteiger partial charge in [-0.3, -0.25) is 4.99 Å². The van der Waals surface area contributed by atoms with Crippen molar-refractivity contribution in [1.29, 1.82) is 0 Å². The molecule has 0 radical (unpaired) electrons. The highest BCUT2D eigenvalue weighted by Gasteiger charge is 2.41. The lowest BCUT2D eigenvalue weighted by atomic mass is 9.96. The fourth-order valence-electron chi connectivity index (χ4n) is 3.37. The van der Waals surface area contributed by atoms with Crippen LogP contribution in [-0.2, 0) is 11.2 Å². The molecule has 0 aliphatic carbocycles. The van der Waals surface area contributed by atoms with Crippen LogP contribution < -0.4 is 15.4 Å². The quantitative estimate of drug-likeness (QED) is 0.623. The lowest BCUT2D eigenvalue weighted by molar-refractivity contribution is 0.0992. The van der Waals surface area contributed by atoms with Crippen LogP contribution in [0.4, 0.5) is 0 Å². The van der Waals surface area contributed by atoms with Gasteiger partial charge in [-0.25, -0.2) is 0 Å². The number of nitrogens with one attached hydrogen (secondary N) is 2. The Kier molecular flexibility index (Phi) is 5.39. The van der Waals surface area contributed by atoms with Crippen LogP contribution in [0, 0.1) is 0 Å². The van der Waals surface area contributed by atoms with Crippen LogP contribution in [-0.4, -0.2) is 44.4 Å². The van der Waals surface area contributed by atoms with Crippen LogP contribution in [0.3, 0.4) is 0 Å². The second-order valence-electron chi connectivity index (χ2n) is 6.22. The summed E-state index contributed by atoms with van der Waals surface area (Å²) in [6.07, 6.45) is 5.24. The maximum absolute atomic E-state index is 5.90. The molecule has 1 aromatic rings. The second kappa shape index (κ2) is 7.68. The molecule has 2 bridgehead atoms. The highest BCUT2D eigenvalue weighted by molar-refractivity contribution is 5.80. The molecule has 2 aliphatic rings. The van der Waals surface area contributed by atoms with Crippen LogP contribution in [0.2, 0.25) is 0 Å². The van der Waals surface area contributed by atoms with Gasteiger partial charge in [0.25, 0.3) is 0 Å². The summed E-state index contributed by atoms with van der Waals surface area (Å²) in [4.78, 5) is 4.71. The molecule has 5 nitrogen and oxygen atoms in total. The van der Waals surface area contributed by atoms with Crippen molar-refractivity contribution in [2.75, 3.05) is 20.2 Å².